The van der Waals surface area contributed by atoms with Crippen molar-refractivity contribution in [1.82, 2.24) is 0 Å². The summed E-state index contributed by atoms with van der Waals surface area (Å²) in [5.41, 5.74) is 3.81. The van der Waals surface area contributed by atoms with Crippen LogP contribution in [0, 0.1) is 11.3 Å². The van der Waals surface area contributed by atoms with Crippen LogP contribution in [0.2, 0.25) is 0 Å². The largest absolute Gasteiger partial charge is 0.294 e. The normalized spacial score (nSPS) is 17.4. The van der Waals surface area contributed by atoms with Crippen LogP contribution in [0.1, 0.15) is 47.2 Å². The number of carbonyl (C=O) groups is 1. The molecule has 0 spiro atoms. The zero-order chi connectivity index (χ0) is 14.5. The minimum Gasteiger partial charge on any atom is -0.294 e. The van der Waals surface area contributed by atoms with Gasteiger partial charge in [-0.25, -0.2) is 5.21 Å². The Morgan fingerprint density at radius 3 is 3.00 bits per heavy atom. The zero-order valence-electron chi connectivity index (χ0n) is 11.3. The van der Waals surface area contributed by atoms with Gasteiger partial charge in [0, 0.05) is 12.0 Å². The van der Waals surface area contributed by atoms with E-state index in [2.05, 4.69) is 6.07 Å². The third kappa shape index (κ3) is 2.69. The maximum absolute atomic E-state index is 12.1. The number of ketones is 1. The number of rotatable bonds is 4. The molecule has 1 atom stereocenters. The van der Waals surface area contributed by atoms with Crippen LogP contribution in [0.15, 0.2) is 42.1 Å². The van der Waals surface area contributed by atoms with Crippen molar-refractivity contribution in [1.29, 1.82) is 5.26 Å². The van der Waals surface area contributed by atoms with E-state index in [9.17, 15) is 10.0 Å². The van der Waals surface area contributed by atoms with Crippen molar-refractivity contribution in [2.75, 3.05) is 0 Å². The number of hydroxylamine groups is 1. The minimum atomic E-state index is -0.0387. The lowest BCUT2D eigenvalue weighted by molar-refractivity contribution is -0.853. The van der Waals surface area contributed by atoms with Gasteiger partial charge in [-0.2, -0.15) is 10.7 Å². The quantitative estimate of drug-likeness (QED) is 0.648. The van der Waals surface area contributed by atoms with E-state index in [1.807, 2.05) is 24.3 Å². The molecule has 0 saturated heterocycles. The summed E-state index contributed by atoms with van der Waals surface area (Å²) in [4.78, 5) is 12.1. The van der Waals surface area contributed by atoms with Gasteiger partial charge in [0.25, 0.3) is 0 Å². The Labute approximate surface area is 118 Å². The summed E-state index contributed by atoms with van der Waals surface area (Å²) in [6.07, 6.45) is 6.87. The van der Waals surface area contributed by atoms with Gasteiger partial charge in [-0.15, -0.1) is 0 Å². The van der Waals surface area contributed by atoms with E-state index in [4.69, 9.17) is 5.26 Å². The Bertz CT molecular complexity index is 624. The van der Waals surface area contributed by atoms with Crippen LogP contribution in [-0.4, -0.2) is 11.0 Å². The molecule has 1 aromatic rings. The first kappa shape index (κ1) is 14.2. The third-order valence-electron chi connectivity index (χ3n) is 3.53. The Morgan fingerprint density at radius 1 is 1.55 bits per heavy atom. The lowest BCUT2D eigenvalue weighted by Gasteiger charge is -2.20. The van der Waals surface area contributed by atoms with Gasteiger partial charge < -0.3 is 0 Å². The summed E-state index contributed by atoms with van der Waals surface area (Å²) < 4.78 is 0. The van der Waals surface area contributed by atoms with Crippen LogP contribution in [0.25, 0.3) is 0 Å². The molecule has 3 N–H and O–H groups in total. The smallest absolute Gasteiger partial charge is 0.162 e. The van der Waals surface area contributed by atoms with E-state index < -0.39 is 0 Å². The molecule has 4 heteroatoms. The first-order chi connectivity index (χ1) is 9.71. The van der Waals surface area contributed by atoms with Gasteiger partial charge in [-0.3, -0.25) is 4.79 Å². The number of quaternary nitrogens is 1. The average molecular weight is 269 g/mol. The number of Topliss-reactive ketones (excluding diaryl/α,β-unsaturated/α-hetero) is 1. The molecule has 1 aliphatic carbocycles. The lowest BCUT2D eigenvalue weighted by atomic mass is 9.84. The van der Waals surface area contributed by atoms with Crippen molar-refractivity contribution in [2.45, 2.75) is 25.7 Å². The molecule has 0 saturated carbocycles. The first-order valence-corrected chi connectivity index (χ1v) is 6.62. The van der Waals surface area contributed by atoms with Crippen LogP contribution in [0.5, 0.6) is 0 Å². The van der Waals surface area contributed by atoms with Gasteiger partial charge in [0.2, 0.25) is 0 Å². The van der Waals surface area contributed by atoms with Crippen molar-refractivity contribution < 1.29 is 15.5 Å². The van der Waals surface area contributed by atoms with Crippen molar-refractivity contribution in [3.8, 4) is 6.07 Å². The molecule has 20 heavy (non-hydrogen) atoms. The summed E-state index contributed by atoms with van der Waals surface area (Å²) in [5.74, 6) is -0.0211. The van der Waals surface area contributed by atoms with Crippen LogP contribution >= 0.6 is 0 Å². The van der Waals surface area contributed by atoms with E-state index >= 15 is 0 Å². The molecular formula is C16H17N2O2+. The highest BCUT2D eigenvalue weighted by atomic mass is 16.5. The fraction of sp³-hybridized carbons (Fsp3) is 0.250. The number of nitrogens with two attached hydrogens (primary N) is 1. The van der Waals surface area contributed by atoms with E-state index in [1.165, 1.54) is 0 Å². The summed E-state index contributed by atoms with van der Waals surface area (Å²) in [7, 11) is 0. The summed E-state index contributed by atoms with van der Waals surface area (Å²) in [5, 5.41) is 18.3. The van der Waals surface area contributed by atoms with Crippen molar-refractivity contribution >= 4 is 5.78 Å². The molecule has 1 unspecified atom stereocenters. The Hall–Kier alpha value is -2.22. The molecule has 0 aromatic heterocycles. The van der Waals surface area contributed by atoms with Gasteiger partial charge in [0.15, 0.2) is 5.78 Å². The summed E-state index contributed by atoms with van der Waals surface area (Å²) >= 11 is 0. The van der Waals surface area contributed by atoms with Gasteiger partial charge in [-0.1, -0.05) is 25.1 Å². The van der Waals surface area contributed by atoms with E-state index in [-0.39, 0.29) is 11.7 Å². The molecule has 4 nitrogen and oxygen atoms in total. The maximum atomic E-state index is 12.1. The first-order valence-electron chi connectivity index (χ1n) is 6.62. The predicted octanol–water partition coefficient (Wildman–Crippen LogP) is 2.03. The SMILES string of the molecule is CCC(=O)c1cc(C#N)ccc1C1CC=CC=C1[NH2+]O. The molecule has 0 radical (unpaired) electrons. The highest BCUT2D eigenvalue weighted by Crippen LogP contribution is 2.31. The van der Waals surface area contributed by atoms with E-state index in [0.717, 1.165) is 23.2 Å². The van der Waals surface area contributed by atoms with Crippen LogP contribution in [0.4, 0.5) is 0 Å². The number of carbonyl (C=O) groups excluding carboxylic acids is 1. The van der Waals surface area contributed by atoms with Crippen molar-refractivity contribution in [2.24, 2.45) is 0 Å². The van der Waals surface area contributed by atoms with Gasteiger partial charge >= 0.3 is 0 Å². The average Bonchev–Trinajstić information content (AvgIpc) is 2.53. The van der Waals surface area contributed by atoms with Crippen LogP contribution in [0.3, 0.4) is 0 Å². The second-order valence-electron chi connectivity index (χ2n) is 4.70. The molecule has 0 bridgehead atoms. The van der Waals surface area contributed by atoms with Gasteiger partial charge in [-0.05, 0) is 30.2 Å². The van der Waals surface area contributed by atoms with Crippen molar-refractivity contribution in [3.05, 3.63) is 58.8 Å². The second-order valence-corrected chi connectivity index (χ2v) is 4.70. The number of benzene rings is 1. The lowest BCUT2D eigenvalue weighted by Crippen LogP contribution is -2.79. The third-order valence-corrected chi connectivity index (χ3v) is 3.53. The standard InChI is InChI=1S/C16H16N2O2/c1-2-16(19)14-9-11(10-17)7-8-12(14)13-5-3-4-6-15(13)18-20/h3-4,6-9,13,18,20H,2,5H2,1H3/p+1. The Balaban J connectivity index is 2.51. The molecular weight excluding hydrogens is 252 g/mol. The number of hydrogen-bond donors (Lipinski definition) is 2. The van der Waals surface area contributed by atoms with E-state index in [0.29, 0.717) is 17.5 Å². The number of nitrogens with zero attached hydrogens (tertiary/aromatic N) is 1. The number of nitriles is 1. The zero-order valence-corrected chi connectivity index (χ0v) is 11.3. The van der Waals surface area contributed by atoms with E-state index in [1.54, 1.807) is 19.1 Å². The molecule has 2 rings (SSSR count). The number of hydrogen-bond acceptors (Lipinski definition) is 3. The molecule has 0 amide bonds. The molecule has 1 aromatic carbocycles. The molecule has 102 valence electrons. The molecule has 0 aliphatic heterocycles. The Kier molecular flexibility index (Phi) is 4.46. The van der Waals surface area contributed by atoms with Gasteiger partial charge in [0.1, 0.15) is 5.70 Å². The van der Waals surface area contributed by atoms with Crippen molar-refractivity contribution in [3.63, 3.8) is 0 Å². The van der Waals surface area contributed by atoms with Gasteiger partial charge in [0.05, 0.1) is 17.6 Å². The fourth-order valence-electron chi connectivity index (χ4n) is 2.45. The summed E-state index contributed by atoms with van der Waals surface area (Å²) in [6.45, 7) is 1.81. The number of allylic oxidation sites excluding steroid dienone is 4. The highest BCUT2D eigenvalue weighted by Gasteiger charge is 2.25. The predicted molar refractivity (Wildman–Crippen MR) is 74.1 cm³/mol. The molecule has 0 fully saturated rings. The Morgan fingerprint density at radius 2 is 2.35 bits per heavy atom. The van der Waals surface area contributed by atoms with Crippen LogP contribution < -0.4 is 5.48 Å². The molecule has 1 aliphatic rings. The summed E-state index contributed by atoms with van der Waals surface area (Å²) in [6, 6.07) is 7.25. The topological polar surface area (TPSA) is 77.7 Å². The minimum absolute atomic E-state index is 0.0175. The second kappa shape index (κ2) is 6.29. The monoisotopic (exact) mass is 269 g/mol. The molecule has 0 heterocycles. The fourth-order valence-corrected chi connectivity index (χ4v) is 2.45. The van der Waals surface area contributed by atoms with Crippen LogP contribution in [-0.2, 0) is 0 Å². The highest BCUT2D eigenvalue weighted by molar-refractivity contribution is 5.98. The maximum Gasteiger partial charge on any atom is 0.162 e.